The lowest BCUT2D eigenvalue weighted by molar-refractivity contribution is -0.274. The third-order valence-electron chi connectivity index (χ3n) is 7.34. The van der Waals surface area contributed by atoms with Gasteiger partial charge >= 0.3 is 6.36 Å². The molecule has 212 valence electrons. The number of nitrogens with one attached hydrogen (secondary N) is 1. The molecule has 7 nitrogen and oxygen atoms in total. The van der Waals surface area contributed by atoms with Gasteiger partial charge in [0.1, 0.15) is 23.4 Å². The summed E-state index contributed by atoms with van der Waals surface area (Å²) >= 11 is 5.98. The van der Waals surface area contributed by atoms with Gasteiger partial charge in [-0.1, -0.05) is 11.6 Å². The molecular formula is C26H27ClF4N2O5S. The molecule has 3 aliphatic rings. The van der Waals surface area contributed by atoms with Crippen molar-refractivity contribution >= 4 is 27.5 Å². The van der Waals surface area contributed by atoms with Crippen molar-refractivity contribution in [2.75, 3.05) is 6.26 Å². The van der Waals surface area contributed by atoms with Crippen molar-refractivity contribution in [1.29, 1.82) is 0 Å². The third kappa shape index (κ3) is 6.96. The molecule has 2 heterocycles. The van der Waals surface area contributed by atoms with Gasteiger partial charge in [-0.25, -0.2) is 17.5 Å². The van der Waals surface area contributed by atoms with Crippen LogP contribution in [0.1, 0.15) is 65.9 Å². The molecule has 2 aromatic rings. The molecule has 2 bridgehead atoms. The normalized spacial score (nSPS) is 23.5. The van der Waals surface area contributed by atoms with E-state index >= 15 is 0 Å². The van der Waals surface area contributed by atoms with Gasteiger partial charge in [0.2, 0.25) is 10.0 Å². The topological polar surface area (TPSA) is 84.9 Å². The molecule has 0 spiro atoms. The van der Waals surface area contributed by atoms with E-state index < -0.39 is 33.9 Å². The van der Waals surface area contributed by atoms with Crippen LogP contribution < -0.4 is 14.2 Å². The third-order valence-corrected chi connectivity index (χ3v) is 8.12. The van der Waals surface area contributed by atoms with Gasteiger partial charge in [0.25, 0.3) is 5.91 Å². The van der Waals surface area contributed by atoms with Crippen LogP contribution in [0.4, 0.5) is 17.6 Å². The number of carbonyl (C=O) groups excluding carboxylic acids is 1. The van der Waals surface area contributed by atoms with Crippen LogP contribution in [0.25, 0.3) is 0 Å². The number of carbonyl (C=O) groups is 1. The number of nitrogens with zero attached hydrogens (tertiary/aromatic N) is 1. The number of fused-ring (bicyclic) bond motifs is 2. The van der Waals surface area contributed by atoms with Crippen LogP contribution in [0.5, 0.6) is 11.5 Å². The van der Waals surface area contributed by atoms with E-state index in [0.29, 0.717) is 19.4 Å². The number of rotatable bonds is 8. The van der Waals surface area contributed by atoms with Crippen molar-refractivity contribution in [2.24, 2.45) is 0 Å². The summed E-state index contributed by atoms with van der Waals surface area (Å²) in [6.45, 7) is 0.472. The van der Waals surface area contributed by atoms with E-state index in [1.165, 1.54) is 24.3 Å². The molecule has 3 atom stereocenters. The quantitative estimate of drug-likeness (QED) is 0.408. The fourth-order valence-corrected chi connectivity index (χ4v) is 6.37. The van der Waals surface area contributed by atoms with Gasteiger partial charge in [-0.15, -0.1) is 13.2 Å². The molecule has 2 aliphatic heterocycles. The van der Waals surface area contributed by atoms with E-state index in [4.69, 9.17) is 16.3 Å². The zero-order valence-corrected chi connectivity index (χ0v) is 22.5. The van der Waals surface area contributed by atoms with Crippen molar-refractivity contribution in [3.63, 3.8) is 0 Å². The first-order chi connectivity index (χ1) is 18.2. The van der Waals surface area contributed by atoms with Crippen molar-refractivity contribution < 1.29 is 40.2 Å². The average Bonchev–Trinajstić information content (AvgIpc) is 3.58. The van der Waals surface area contributed by atoms with Crippen LogP contribution in [0.3, 0.4) is 0 Å². The maximum absolute atomic E-state index is 15.0. The molecule has 0 radical (unpaired) electrons. The first kappa shape index (κ1) is 28.0. The van der Waals surface area contributed by atoms with Gasteiger partial charge in [-0.2, -0.15) is 0 Å². The maximum Gasteiger partial charge on any atom is 0.573 e. The standard InChI is InChI=1S/C26H27ClF4N2O5S/c1-39(35,36)32-25(34)23-12-22(14-2-3-14)15(6-24(23)28)13-33-17-4-5-18(33)10-20(9-17)37-19-7-16(27)8-21(11-19)38-26(29,30)31/h6-8,11-12,14,17-18,20H,2-5,9-10,13H2,1H3,(H,32,34)/t17-,18+,20-. The Morgan fingerprint density at radius 2 is 1.69 bits per heavy atom. The Kier molecular flexibility index (Phi) is 7.49. The number of halogens is 5. The van der Waals surface area contributed by atoms with Crippen molar-refractivity contribution in [3.05, 3.63) is 57.9 Å². The molecule has 0 aromatic heterocycles. The summed E-state index contributed by atoms with van der Waals surface area (Å²) in [6.07, 6.45) is 0.644. The zero-order chi connectivity index (χ0) is 28.1. The second-order valence-corrected chi connectivity index (χ2v) is 12.6. The van der Waals surface area contributed by atoms with Crippen LogP contribution >= 0.6 is 11.6 Å². The van der Waals surface area contributed by atoms with E-state index in [0.717, 1.165) is 49.1 Å². The molecule has 1 aliphatic carbocycles. The van der Waals surface area contributed by atoms with E-state index in [1.54, 1.807) is 0 Å². The molecule has 39 heavy (non-hydrogen) atoms. The lowest BCUT2D eigenvalue weighted by Gasteiger charge is -2.39. The van der Waals surface area contributed by atoms with E-state index in [1.807, 2.05) is 4.72 Å². The maximum atomic E-state index is 15.0. The summed E-state index contributed by atoms with van der Waals surface area (Å²) in [5, 5.41) is 0.0652. The van der Waals surface area contributed by atoms with Gasteiger partial charge < -0.3 is 9.47 Å². The molecule has 1 saturated carbocycles. The summed E-state index contributed by atoms with van der Waals surface area (Å²) in [7, 11) is -3.84. The van der Waals surface area contributed by atoms with Gasteiger partial charge in [-0.3, -0.25) is 9.69 Å². The number of amides is 1. The highest BCUT2D eigenvalue weighted by atomic mass is 35.5. The summed E-state index contributed by atoms with van der Waals surface area (Å²) in [6, 6.07) is 6.75. The minimum Gasteiger partial charge on any atom is -0.490 e. The summed E-state index contributed by atoms with van der Waals surface area (Å²) < 4.78 is 87.7. The number of hydrogen-bond acceptors (Lipinski definition) is 6. The zero-order valence-electron chi connectivity index (χ0n) is 20.9. The van der Waals surface area contributed by atoms with Crippen LogP contribution in [-0.2, 0) is 16.6 Å². The molecule has 0 unspecified atom stereocenters. The Labute approximate surface area is 228 Å². The predicted octanol–water partition coefficient (Wildman–Crippen LogP) is 5.52. The number of sulfonamides is 1. The molecular weight excluding hydrogens is 564 g/mol. The number of ether oxygens (including phenoxy) is 2. The smallest absolute Gasteiger partial charge is 0.490 e. The molecule has 13 heteroatoms. The van der Waals surface area contributed by atoms with E-state index in [2.05, 4.69) is 9.64 Å². The predicted molar refractivity (Wildman–Crippen MR) is 135 cm³/mol. The Hall–Kier alpha value is -2.57. The minimum absolute atomic E-state index is 0.0652. The van der Waals surface area contributed by atoms with Crippen LogP contribution in [-0.4, -0.2) is 50.0 Å². The minimum atomic E-state index is -4.85. The molecule has 5 rings (SSSR count). The highest BCUT2D eigenvalue weighted by Gasteiger charge is 2.42. The van der Waals surface area contributed by atoms with Gasteiger partial charge in [-0.05, 0) is 79.8 Å². The van der Waals surface area contributed by atoms with Crippen molar-refractivity contribution in [2.45, 2.75) is 75.5 Å². The highest BCUT2D eigenvalue weighted by Crippen LogP contribution is 2.45. The Balaban J connectivity index is 1.30. The van der Waals surface area contributed by atoms with E-state index in [9.17, 15) is 30.8 Å². The lowest BCUT2D eigenvalue weighted by Crippen LogP contribution is -2.45. The Morgan fingerprint density at radius 3 is 2.28 bits per heavy atom. The van der Waals surface area contributed by atoms with E-state index in [-0.39, 0.29) is 40.4 Å². The molecule has 2 aromatic carbocycles. The largest absolute Gasteiger partial charge is 0.573 e. The lowest BCUT2D eigenvalue weighted by atomic mass is 9.95. The highest BCUT2D eigenvalue weighted by molar-refractivity contribution is 7.89. The molecule has 2 saturated heterocycles. The van der Waals surface area contributed by atoms with Crippen molar-refractivity contribution in [3.8, 4) is 11.5 Å². The Bertz CT molecular complexity index is 1370. The fourth-order valence-electron chi connectivity index (χ4n) is 5.71. The monoisotopic (exact) mass is 590 g/mol. The number of benzene rings is 2. The number of piperidine rings is 1. The van der Waals surface area contributed by atoms with Crippen LogP contribution in [0, 0.1) is 5.82 Å². The number of hydrogen-bond donors (Lipinski definition) is 1. The molecule has 1 N–H and O–H groups in total. The van der Waals surface area contributed by atoms with Gasteiger partial charge in [0.05, 0.1) is 11.8 Å². The second-order valence-electron chi connectivity index (χ2n) is 10.4. The summed E-state index contributed by atoms with van der Waals surface area (Å²) in [5.41, 5.74) is 1.33. The molecule has 1 amide bonds. The van der Waals surface area contributed by atoms with Gasteiger partial charge in [0.15, 0.2) is 0 Å². The molecule has 3 fully saturated rings. The number of alkyl halides is 3. The van der Waals surface area contributed by atoms with Crippen LogP contribution in [0.15, 0.2) is 30.3 Å². The van der Waals surface area contributed by atoms with Crippen LogP contribution in [0.2, 0.25) is 5.02 Å². The second kappa shape index (κ2) is 10.4. The summed E-state index contributed by atoms with van der Waals surface area (Å²) in [5.74, 6) is -1.83. The first-order valence-electron chi connectivity index (χ1n) is 12.6. The summed E-state index contributed by atoms with van der Waals surface area (Å²) in [4.78, 5) is 14.7. The fraction of sp³-hybridized carbons (Fsp3) is 0.500. The van der Waals surface area contributed by atoms with Gasteiger partial charge in [0, 0.05) is 29.7 Å². The Morgan fingerprint density at radius 1 is 1.05 bits per heavy atom. The SMILES string of the molecule is CS(=O)(=O)NC(=O)c1cc(C2CC2)c(CN2[C@@H]3CC[C@H]2C[C@H](Oc2cc(Cl)cc(OC(F)(F)F)c2)C3)cc1F. The first-order valence-corrected chi connectivity index (χ1v) is 14.8. The van der Waals surface area contributed by atoms with Crippen molar-refractivity contribution in [1.82, 2.24) is 9.62 Å². The average molecular weight is 591 g/mol.